The predicted molar refractivity (Wildman–Crippen MR) is 82.3 cm³/mol. The minimum Gasteiger partial charge on any atom is -0.352 e. The maximum absolute atomic E-state index is 13.1. The average Bonchev–Trinajstić information content (AvgIpc) is 2.94. The van der Waals surface area contributed by atoms with Gasteiger partial charge in [-0.15, -0.1) is 0 Å². The maximum Gasteiger partial charge on any atom is 0.251 e. The molecule has 2 aromatic heterocycles. The lowest BCUT2D eigenvalue weighted by atomic mass is 10.2. The van der Waals surface area contributed by atoms with Crippen molar-refractivity contribution in [3.8, 4) is 0 Å². The molecule has 1 amide bonds. The second-order valence-corrected chi connectivity index (χ2v) is 5.26. The molecular formula is C17H15F2N3O. The van der Waals surface area contributed by atoms with Crippen LogP contribution < -0.4 is 5.32 Å². The standard InChI is InChI=1S/C17H15F2N3O/c1-11-3-2-4-16-21-13(10-22(11)16)7-8-20-17(23)12-5-6-14(18)15(19)9-12/h2-6,9-10H,7-8H2,1H3,(H,20,23). The number of fused-ring (bicyclic) bond motifs is 1. The Morgan fingerprint density at radius 2 is 2.04 bits per heavy atom. The molecule has 0 radical (unpaired) electrons. The Balaban J connectivity index is 1.62. The molecule has 1 aromatic carbocycles. The summed E-state index contributed by atoms with van der Waals surface area (Å²) in [6.07, 6.45) is 2.48. The minimum absolute atomic E-state index is 0.0924. The van der Waals surface area contributed by atoms with E-state index >= 15 is 0 Å². The molecule has 4 nitrogen and oxygen atoms in total. The number of benzene rings is 1. The van der Waals surface area contributed by atoms with E-state index in [0.29, 0.717) is 13.0 Å². The number of halogens is 2. The van der Waals surface area contributed by atoms with Gasteiger partial charge in [-0.1, -0.05) is 6.07 Å². The van der Waals surface area contributed by atoms with Crippen molar-refractivity contribution < 1.29 is 13.6 Å². The number of aryl methyl sites for hydroxylation is 1. The van der Waals surface area contributed by atoms with Crippen molar-refractivity contribution in [3.63, 3.8) is 0 Å². The number of hydrogen-bond donors (Lipinski definition) is 1. The molecule has 1 N–H and O–H groups in total. The number of rotatable bonds is 4. The number of pyridine rings is 1. The largest absolute Gasteiger partial charge is 0.352 e. The van der Waals surface area contributed by atoms with Crippen LogP contribution in [0.4, 0.5) is 8.78 Å². The Bertz CT molecular complexity index is 873. The topological polar surface area (TPSA) is 46.4 Å². The highest BCUT2D eigenvalue weighted by atomic mass is 19.2. The minimum atomic E-state index is -1.03. The first-order valence-electron chi connectivity index (χ1n) is 7.21. The van der Waals surface area contributed by atoms with Crippen molar-refractivity contribution >= 4 is 11.6 Å². The summed E-state index contributed by atoms with van der Waals surface area (Å²) in [4.78, 5) is 16.4. The number of imidazole rings is 1. The summed E-state index contributed by atoms with van der Waals surface area (Å²) in [5.74, 6) is -2.45. The van der Waals surface area contributed by atoms with E-state index in [1.807, 2.05) is 35.7 Å². The van der Waals surface area contributed by atoms with Crippen molar-refractivity contribution in [1.82, 2.24) is 14.7 Å². The highest BCUT2D eigenvalue weighted by Crippen LogP contribution is 2.10. The molecule has 0 saturated heterocycles. The van der Waals surface area contributed by atoms with Gasteiger partial charge in [0, 0.05) is 30.4 Å². The Kier molecular flexibility index (Phi) is 4.06. The SMILES string of the molecule is Cc1cccc2nc(CCNC(=O)c3ccc(F)c(F)c3)cn12. The summed E-state index contributed by atoms with van der Waals surface area (Å²) < 4.78 is 27.9. The van der Waals surface area contributed by atoms with Crippen LogP contribution in [0.2, 0.25) is 0 Å². The number of amides is 1. The summed E-state index contributed by atoms with van der Waals surface area (Å²) in [7, 11) is 0. The molecule has 23 heavy (non-hydrogen) atoms. The normalized spacial score (nSPS) is 10.9. The number of hydrogen-bond acceptors (Lipinski definition) is 2. The van der Waals surface area contributed by atoms with Gasteiger partial charge in [-0.05, 0) is 37.3 Å². The third-order valence-corrected chi connectivity index (χ3v) is 3.59. The van der Waals surface area contributed by atoms with Crippen molar-refractivity contribution in [2.24, 2.45) is 0 Å². The number of carbonyl (C=O) groups is 1. The van der Waals surface area contributed by atoms with Crippen LogP contribution in [-0.2, 0) is 6.42 Å². The van der Waals surface area contributed by atoms with Crippen LogP contribution >= 0.6 is 0 Å². The van der Waals surface area contributed by atoms with Gasteiger partial charge in [-0.3, -0.25) is 4.79 Å². The molecule has 0 aliphatic rings. The van der Waals surface area contributed by atoms with E-state index in [1.165, 1.54) is 6.07 Å². The molecule has 118 valence electrons. The summed E-state index contributed by atoms with van der Waals surface area (Å²) in [6, 6.07) is 8.92. The number of aromatic nitrogens is 2. The van der Waals surface area contributed by atoms with Gasteiger partial charge in [0.25, 0.3) is 5.91 Å². The van der Waals surface area contributed by atoms with Gasteiger partial charge in [0.05, 0.1) is 5.69 Å². The molecule has 0 spiro atoms. The smallest absolute Gasteiger partial charge is 0.251 e. The zero-order valence-corrected chi connectivity index (χ0v) is 12.5. The molecule has 2 heterocycles. The summed E-state index contributed by atoms with van der Waals surface area (Å²) in [5.41, 5.74) is 2.87. The van der Waals surface area contributed by atoms with Crippen molar-refractivity contribution in [3.05, 3.63) is 71.2 Å². The quantitative estimate of drug-likeness (QED) is 0.805. The predicted octanol–water partition coefficient (Wildman–Crippen LogP) is 2.89. The molecule has 0 fully saturated rings. The molecule has 3 rings (SSSR count). The molecule has 0 unspecified atom stereocenters. The first-order valence-corrected chi connectivity index (χ1v) is 7.21. The maximum atomic E-state index is 13.1. The first kappa shape index (κ1) is 15.1. The van der Waals surface area contributed by atoms with Crippen LogP contribution in [0, 0.1) is 18.6 Å². The second kappa shape index (κ2) is 6.16. The Hall–Kier alpha value is -2.76. The Morgan fingerprint density at radius 1 is 1.22 bits per heavy atom. The van der Waals surface area contributed by atoms with E-state index < -0.39 is 17.5 Å². The highest BCUT2D eigenvalue weighted by molar-refractivity contribution is 5.94. The second-order valence-electron chi connectivity index (χ2n) is 5.26. The van der Waals surface area contributed by atoms with Crippen molar-refractivity contribution in [2.45, 2.75) is 13.3 Å². The van der Waals surface area contributed by atoms with Gasteiger partial charge < -0.3 is 9.72 Å². The molecule has 6 heteroatoms. The van der Waals surface area contributed by atoms with Crippen LogP contribution in [-0.4, -0.2) is 21.8 Å². The average molecular weight is 315 g/mol. The van der Waals surface area contributed by atoms with Crippen LogP contribution in [0.15, 0.2) is 42.6 Å². The molecule has 0 saturated carbocycles. The lowest BCUT2D eigenvalue weighted by Crippen LogP contribution is -2.25. The van der Waals surface area contributed by atoms with Gasteiger partial charge in [0.2, 0.25) is 0 Å². The van der Waals surface area contributed by atoms with Crippen LogP contribution in [0.5, 0.6) is 0 Å². The van der Waals surface area contributed by atoms with Gasteiger partial charge in [0.1, 0.15) is 5.65 Å². The van der Waals surface area contributed by atoms with E-state index in [-0.39, 0.29) is 5.56 Å². The summed E-state index contributed by atoms with van der Waals surface area (Å²) in [6.45, 7) is 2.35. The third-order valence-electron chi connectivity index (χ3n) is 3.59. The van der Waals surface area contributed by atoms with Gasteiger partial charge >= 0.3 is 0 Å². The Morgan fingerprint density at radius 3 is 2.78 bits per heavy atom. The van der Waals surface area contributed by atoms with E-state index in [0.717, 1.165) is 29.2 Å². The lowest BCUT2D eigenvalue weighted by molar-refractivity contribution is 0.0953. The zero-order chi connectivity index (χ0) is 16.4. The van der Waals surface area contributed by atoms with Crippen molar-refractivity contribution in [1.29, 1.82) is 0 Å². The van der Waals surface area contributed by atoms with Gasteiger partial charge in [-0.25, -0.2) is 13.8 Å². The summed E-state index contributed by atoms with van der Waals surface area (Å²) in [5, 5.41) is 2.68. The van der Waals surface area contributed by atoms with Crippen LogP contribution in [0.1, 0.15) is 21.7 Å². The first-order chi connectivity index (χ1) is 11.0. The lowest BCUT2D eigenvalue weighted by Gasteiger charge is -2.04. The fraction of sp³-hybridized carbons (Fsp3) is 0.176. The van der Waals surface area contributed by atoms with Crippen LogP contribution in [0.3, 0.4) is 0 Å². The van der Waals surface area contributed by atoms with E-state index in [2.05, 4.69) is 10.3 Å². The highest BCUT2D eigenvalue weighted by Gasteiger charge is 2.10. The van der Waals surface area contributed by atoms with E-state index in [4.69, 9.17) is 0 Å². The monoisotopic (exact) mass is 315 g/mol. The number of nitrogens with one attached hydrogen (secondary N) is 1. The summed E-state index contributed by atoms with van der Waals surface area (Å²) >= 11 is 0. The van der Waals surface area contributed by atoms with E-state index in [9.17, 15) is 13.6 Å². The molecule has 0 aliphatic heterocycles. The van der Waals surface area contributed by atoms with Gasteiger partial charge in [0.15, 0.2) is 11.6 Å². The molecular weight excluding hydrogens is 300 g/mol. The van der Waals surface area contributed by atoms with Crippen LogP contribution in [0.25, 0.3) is 5.65 Å². The van der Waals surface area contributed by atoms with E-state index in [1.54, 1.807) is 0 Å². The number of carbonyl (C=O) groups excluding carboxylic acids is 1. The third kappa shape index (κ3) is 3.21. The molecule has 0 bridgehead atoms. The molecule has 0 aliphatic carbocycles. The van der Waals surface area contributed by atoms with Gasteiger partial charge in [-0.2, -0.15) is 0 Å². The Labute approximate surface area is 131 Å². The number of nitrogens with zero attached hydrogens (tertiary/aromatic N) is 2. The molecule has 0 atom stereocenters. The fourth-order valence-electron chi connectivity index (χ4n) is 2.36. The zero-order valence-electron chi connectivity index (χ0n) is 12.5. The fourth-order valence-corrected chi connectivity index (χ4v) is 2.36. The molecule has 3 aromatic rings. The van der Waals surface area contributed by atoms with Crippen molar-refractivity contribution in [2.75, 3.05) is 6.54 Å².